The van der Waals surface area contributed by atoms with Gasteiger partial charge in [0.2, 0.25) is 0 Å². The summed E-state index contributed by atoms with van der Waals surface area (Å²) >= 11 is 0. The standard InChI is InChI=1S/C11H18O4/c12-9(13)8-10-14-7-6-11(15-10)4-2-1-3-5-11/h10H,1-8H2,(H,12,13). The first-order chi connectivity index (χ1) is 7.20. The van der Waals surface area contributed by atoms with Crippen LogP contribution in [0.1, 0.15) is 44.9 Å². The van der Waals surface area contributed by atoms with E-state index >= 15 is 0 Å². The van der Waals surface area contributed by atoms with Gasteiger partial charge in [-0.1, -0.05) is 19.3 Å². The maximum absolute atomic E-state index is 10.6. The van der Waals surface area contributed by atoms with E-state index < -0.39 is 12.3 Å². The van der Waals surface area contributed by atoms with Crippen LogP contribution in [0, 0.1) is 0 Å². The summed E-state index contributed by atoms with van der Waals surface area (Å²) < 4.78 is 11.1. The first-order valence-corrected chi connectivity index (χ1v) is 5.71. The molecule has 1 heterocycles. The summed E-state index contributed by atoms with van der Waals surface area (Å²) in [4.78, 5) is 10.6. The summed E-state index contributed by atoms with van der Waals surface area (Å²) in [6.07, 6.45) is 6.13. The van der Waals surface area contributed by atoms with Gasteiger partial charge in [-0.15, -0.1) is 0 Å². The van der Waals surface area contributed by atoms with Crippen LogP contribution in [0.2, 0.25) is 0 Å². The van der Waals surface area contributed by atoms with Crippen molar-refractivity contribution in [1.82, 2.24) is 0 Å². The molecule has 0 aromatic rings. The number of hydrogen-bond donors (Lipinski definition) is 1. The molecule has 0 aromatic heterocycles. The van der Waals surface area contributed by atoms with E-state index in [1.807, 2.05) is 0 Å². The van der Waals surface area contributed by atoms with E-state index in [2.05, 4.69) is 0 Å². The molecule has 2 fully saturated rings. The molecule has 2 rings (SSSR count). The Hall–Kier alpha value is -0.610. The van der Waals surface area contributed by atoms with Gasteiger partial charge < -0.3 is 14.6 Å². The number of ether oxygens (including phenoxy) is 2. The lowest BCUT2D eigenvalue weighted by Crippen LogP contribution is -2.45. The van der Waals surface area contributed by atoms with Gasteiger partial charge in [0.05, 0.1) is 18.6 Å². The van der Waals surface area contributed by atoms with Crippen LogP contribution in [-0.4, -0.2) is 29.6 Å². The SMILES string of the molecule is O=C(O)CC1OCCC2(CCCCC2)O1. The van der Waals surface area contributed by atoms with Crippen molar-refractivity contribution in [2.45, 2.75) is 56.8 Å². The van der Waals surface area contributed by atoms with Crippen LogP contribution in [0.15, 0.2) is 0 Å². The summed E-state index contributed by atoms with van der Waals surface area (Å²) in [6.45, 7) is 0.637. The molecule has 0 aromatic carbocycles. The number of carboxylic acids is 1. The highest BCUT2D eigenvalue weighted by molar-refractivity contribution is 5.67. The largest absolute Gasteiger partial charge is 0.481 e. The molecule has 1 atom stereocenters. The predicted octanol–water partition coefficient (Wildman–Crippen LogP) is 1.93. The van der Waals surface area contributed by atoms with E-state index in [1.54, 1.807) is 0 Å². The molecule has 1 unspecified atom stereocenters. The fraction of sp³-hybridized carbons (Fsp3) is 0.909. The predicted molar refractivity (Wildman–Crippen MR) is 53.5 cm³/mol. The van der Waals surface area contributed by atoms with Crippen molar-refractivity contribution in [3.05, 3.63) is 0 Å². The molecule has 15 heavy (non-hydrogen) atoms. The smallest absolute Gasteiger partial charge is 0.308 e. The molecule has 1 aliphatic heterocycles. The number of carbonyl (C=O) groups is 1. The maximum atomic E-state index is 10.6. The molecular weight excluding hydrogens is 196 g/mol. The van der Waals surface area contributed by atoms with Gasteiger partial charge in [0.1, 0.15) is 0 Å². The number of rotatable bonds is 2. The summed E-state index contributed by atoms with van der Waals surface area (Å²) in [5.74, 6) is -0.854. The van der Waals surface area contributed by atoms with Crippen LogP contribution >= 0.6 is 0 Å². The summed E-state index contributed by atoms with van der Waals surface area (Å²) in [5, 5.41) is 8.69. The Kier molecular flexibility index (Phi) is 3.26. The van der Waals surface area contributed by atoms with Gasteiger partial charge in [-0.3, -0.25) is 4.79 Å². The fourth-order valence-corrected chi connectivity index (χ4v) is 2.56. The second kappa shape index (κ2) is 4.49. The van der Waals surface area contributed by atoms with Crippen LogP contribution in [0.4, 0.5) is 0 Å². The van der Waals surface area contributed by atoms with Gasteiger partial charge >= 0.3 is 5.97 Å². The van der Waals surface area contributed by atoms with Crippen molar-refractivity contribution >= 4 is 5.97 Å². The van der Waals surface area contributed by atoms with Crippen LogP contribution in [0.3, 0.4) is 0 Å². The highest BCUT2D eigenvalue weighted by Crippen LogP contribution is 2.38. The van der Waals surface area contributed by atoms with E-state index in [0.29, 0.717) is 6.61 Å². The lowest BCUT2D eigenvalue weighted by atomic mass is 9.82. The van der Waals surface area contributed by atoms with Crippen molar-refractivity contribution in [1.29, 1.82) is 0 Å². The molecule has 1 N–H and O–H groups in total. The quantitative estimate of drug-likeness (QED) is 0.763. The van der Waals surface area contributed by atoms with Crippen molar-refractivity contribution < 1.29 is 19.4 Å². The Balaban J connectivity index is 1.93. The summed E-state index contributed by atoms with van der Waals surface area (Å²) in [5.41, 5.74) is -0.0728. The molecule has 1 aliphatic carbocycles. The summed E-state index contributed by atoms with van der Waals surface area (Å²) in [7, 11) is 0. The zero-order valence-electron chi connectivity index (χ0n) is 8.91. The third kappa shape index (κ3) is 2.69. The highest BCUT2D eigenvalue weighted by Gasteiger charge is 2.39. The molecule has 0 bridgehead atoms. The van der Waals surface area contributed by atoms with Crippen LogP contribution in [-0.2, 0) is 14.3 Å². The molecule has 86 valence electrons. The average Bonchev–Trinajstić information content (AvgIpc) is 2.17. The monoisotopic (exact) mass is 214 g/mol. The number of carboxylic acid groups (broad SMARTS) is 1. The lowest BCUT2D eigenvalue weighted by Gasteiger charge is -2.43. The molecule has 1 saturated carbocycles. The van der Waals surface area contributed by atoms with Crippen LogP contribution in [0.25, 0.3) is 0 Å². The van der Waals surface area contributed by atoms with E-state index in [4.69, 9.17) is 14.6 Å². The molecule has 4 nitrogen and oxygen atoms in total. The Bertz CT molecular complexity index is 227. The van der Waals surface area contributed by atoms with E-state index in [9.17, 15) is 4.79 Å². The van der Waals surface area contributed by atoms with Crippen molar-refractivity contribution in [3.8, 4) is 0 Å². The lowest BCUT2D eigenvalue weighted by molar-refractivity contribution is -0.265. The minimum atomic E-state index is -0.854. The van der Waals surface area contributed by atoms with Crippen molar-refractivity contribution in [2.24, 2.45) is 0 Å². The third-order valence-electron chi connectivity index (χ3n) is 3.35. The molecular formula is C11H18O4. The van der Waals surface area contributed by atoms with Crippen LogP contribution in [0.5, 0.6) is 0 Å². The first-order valence-electron chi connectivity index (χ1n) is 5.71. The van der Waals surface area contributed by atoms with Gasteiger partial charge in [-0.05, 0) is 19.3 Å². The van der Waals surface area contributed by atoms with Gasteiger partial charge in [-0.25, -0.2) is 0 Å². The third-order valence-corrected chi connectivity index (χ3v) is 3.35. The Morgan fingerprint density at radius 2 is 2.00 bits per heavy atom. The van der Waals surface area contributed by atoms with Crippen molar-refractivity contribution in [3.63, 3.8) is 0 Å². The second-order valence-electron chi connectivity index (χ2n) is 4.51. The number of aliphatic carboxylic acids is 1. The van der Waals surface area contributed by atoms with Gasteiger partial charge in [0.15, 0.2) is 6.29 Å². The van der Waals surface area contributed by atoms with E-state index in [1.165, 1.54) is 19.3 Å². The second-order valence-corrected chi connectivity index (χ2v) is 4.51. The number of hydrogen-bond acceptors (Lipinski definition) is 3. The Labute approximate surface area is 89.6 Å². The van der Waals surface area contributed by atoms with E-state index in [-0.39, 0.29) is 12.0 Å². The Morgan fingerprint density at radius 3 is 2.67 bits per heavy atom. The zero-order chi connectivity index (χ0) is 10.7. The average molecular weight is 214 g/mol. The zero-order valence-corrected chi connectivity index (χ0v) is 8.91. The minimum absolute atomic E-state index is 0.0399. The molecule has 4 heteroatoms. The normalized spacial score (nSPS) is 30.3. The van der Waals surface area contributed by atoms with Gasteiger partial charge in [0.25, 0.3) is 0 Å². The molecule has 0 radical (unpaired) electrons. The van der Waals surface area contributed by atoms with Crippen LogP contribution < -0.4 is 0 Å². The van der Waals surface area contributed by atoms with Crippen molar-refractivity contribution in [2.75, 3.05) is 6.61 Å². The van der Waals surface area contributed by atoms with Gasteiger partial charge in [-0.2, -0.15) is 0 Å². The van der Waals surface area contributed by atoms with E-state index in [0.717, 1.165) is 19.3 Å². The fourth-order valence-electron chi connectivity index (χ4n) is 2.56. The topological polar surface area (TPSA) is 55.8 Å². The molecule has 1 spiro atoms. The minimum Gasteiger partial charge on any atom is -0.481 e. The summed E-state index contributed by atoms with van der Waals surface area (Å²) in [6, 6.07) is 0. The molecule has 0 amide bonds. The highest BCUT2D eigenvalue weighted by atomic mass is 16.7. The maximum Gasteiger partial charge on any atom is 0.308 e. The molecule has 1 saturated heterocycles. The Morgan fingerprint density at radius 1 is 1.27 bits per heavy atom. The molecule has 2 aliphatic rings. The van der Waals surface area contributed by atoms with Gasteiger partial charge in [0, 0.05) is 0 Å². The first kappa shape index (κ1) is 10.9.